The first-order chi connectivity index (χ1) is 4.14. The molecular weight excluding hydrogens is 164 g/mol. The monoisotopic (exact) mass is 170 g/mol. The van der Waals surface area contributed by atoms with E-state index >= 15 is 0 Å². The van der Waals surface area contributed by atoms with Gasteiger partial charge >= 0.3 is 10.4 Å². The van der Waals surface area contributed by atoms with Crippen molar-refractivity contribution in [2.45, 2.75) is 12.7 Å². The van der Waals surface area contributed by atoms with E-state index in [0.29, 0.717) is 12.2 Å². The van der Waals surface area contributed by atoms with Crippen LogP contribution in [-0.4, -0.2) is 20.5 Å². The van der Waals surface area contributed by atoms with Crippen molar-refractivity contribution in [1.29, 1.82) is 0 Å². The number of thiol groups is 1. The average Bonchev–Trinajstić information content (AvgIpc) is 1.62. The van der Waals surface area contributed by atoms with Crippen LogP contribution >= 0.6 is 12.6 Å². The Bertz CT molecular complexity index is 172. The molecule has 0 radical (unpaired) electrons. The molecule has 1 rings (SSSR count). The second-order valence-electron chi connectivity index (χ2n) is 1.54. The van der Waals surface area contributed by atoms with Crippen molar-refractivity contribution < 1.29 is 16.8 Å². The molecule has 4 nitrogen and oxygen atoms in total. The average molecular weight is 170 g/mol. The SMILES string of the molecule is O=S1(=O)OC(CCS)O1. The predicted octanol–water partition coefficient (Wildman–Crippen LogP) is -0.0760. The van der Waals surface area contributed by atoms with Gasteiger partial charge in [-0.2, -0.15) is 21.0 Å². The quantitative estimate of drug-likeness (QED) is 0.589. The van der Waals surface area contributed by atoms with E-state index < -0.39 is 16.7 Å². The predicted molar refractivity (Wildman–Crippen MR) is 33.3 cm³/mol. The van der Waals surface area contributed by atoms with E-state index in [0.717, 1.165) is 0 Å². The van der Waals surface area contributed by atoms with Gasteiger partial charge in [0.25, 0.3) is 0 Å². The Morgan fingerprint density at radius 1 is 1.44 bits per heavy atom. The first-order valence-electron chi connectivity index (χ1n) is 2.36. The van der Waals surface area contributed by atoms with Gasteiger partial charge in [-0.25, -0.2) is 8.37 Å². The van der Waals surface area contributed by atoms with Crippen molar-refractivity contribution >= 4 is 23.0 Å². The van der Waals surface area contributed by atoms with E-state index in [9.17, 15) is 8.42 Å². The topological polar surface area (TPSA) is 52.6 Å². The number of hydrogen-bond acceptors (Lipinski definition) is 5. The molecule has 0 aromatic carbocycles. The maximum Gasteiger partial charge on any atom is 0.404 e. The smallest absolute Gasteiger partial charge is 0.215 e. The van der Waals surface area contributed by atoms with E-state index in [-0.39, 0.29) is 0 Å². The van der Waals surface area contributed by atoms with Crippen LogP contribution in [0.2, 0.25) is 0 Å². The molecule has 0 amide bonds. The van der Waals surface area contributed by atoms with Crippen LogP contribution in [0, 0.1) is 0 Å². The summed E-state index contributed by atoms with van der Waals surface area (Å²) in [7, 11) is -3.59. The summed E-state index contributed by atoms with van der Waals surface area (Å²) >= 11 is 3.85. The summed E-state index contributed by atoms with van der Waals surface area (Å²) in [4.78, 5) is 0. The molecule has 0 bridgehead atoms. The molecule has 0 aliphatic carbocycles. The lowest BCUT2D eigenvalue weighted by molar-refractivity contribution is -0.0792. The molecule has 0 spiro atoms. The van der Waals surface area contributed by atoms with E-state index in [2.05, 4.69) is 21.0 Å². The minimum Gasteiger partial charge on any atom is -0.215 e. The van der Waals surface area contributed by atoms with E-state index in [1.165, 1.54) is 0 Å². The summed E-state index contributed by atoms with van der Waals surface area (Å²) in [5.41, 5.74) is 0. The molecule has 0 N–H and O–H groups in total. The zero-order valence-electron chi connectivity index (χ0n) is 4.48. The van der Waals surface area contributed by atoms with Crippen LogP contribution in [0.1, 0.15) is 6.42 Å². The van der Waals surface area contributed by atoms with E-state index in [4.69, 9.17) is 0 Å². The Balaban J connectivity index is 2.28. The molecule has 0 saturated carbocycles. The van der Waals surface area contributed by atoms with Crippen LogP contribution in [-0.2, 0) is 18.8 Å². The highest BCUT2D eigenvalue weighted by Crippen LogP contribution is 2.20. The fraction of sp³-hybridized carbons (Fsp3) is 1.00. The number of rotatable bonds is 2. The highest BCUT2D eigenvalue weighted by molar-refractivity contribution is 7.82. The molecule has 1 saturated heterocycles. The van der Waals surface area contributed by atoms with Crippen LogP contribution in [0.3, 0.4) is 0 Å². The van der Waals surface area contributed by atoms with E-state index in [1.807, 2.05) is 0 Å². The molecule has 1 aliphatic rings. The Kier molecular flexibility index (Phi) is 2.00. The maximum absolute atomic E-state index is 10.1. The summed E-state index contributed by atoms with van der Waals surface area (Å²) in [6, 6.07) is 0. The summed E-state index contributed by atoms with van der Waals surface area (Å²) in [5, 5.41) is 0. The van der Waals surface area contributed by atoms with Crippen LogP contribution < -0.4 is 0 Å². The van der Waals surface area contributed by atoms with Gasteiger partial charge in [-0.05, 0) is 5.75 Å². The molecule has 0 aromatic rings. The third-order valence-corrected chi connectivity index (χ3v) is 1.97. The lowest BCUT2D eigenvalue weighted by atomic mass is 10.5. The van der Waals surface area contributed by atoms with Gasteiger partial charge in [0.05, 0.1) is 0 Å². The van der Waals surface area contributed by atoms with Crippen molar-refractivity contribution in [3.63, 3.8) is 0 Å². The van der Waals surface area contributed by atoms with Crippen molar-refractivity contribution in [3.8, 4) is 0 Å². The van der Waals surface area contributed by atoms with Gasteiger partial charge in [0.15, 0.2) is 6.29 Å². The van der Waals surface area contributed by atoms with Gasteiger partial charge in [-0.15, -0.1) is 0 Å². The maximum atomic E-state index is 10.1. The first-order valence-corrected chi connectivity index (χ1v) is 4.33. The molecule has 0 atom stereocenters. The normalized spacial score (nSPS) is 25.4. The zero-order chi connectivity index (χ0) is 6.91. The minimum absolute atomic E-state index is 0.502. The Morgan fingerprint density at radius 3 is 2.33 bits per heavy atom. The largest absolute Gasteiger partial charge is 0.404 e. The van der Waals surface area contributed by atoms with Gasteiger partial charge in [0, 0.05) is 6.42 Å². The van der Waals surface area contributed by atoms with Crippen molar-refractivity contribution in [3.05, 3.63) is 0 Å². The fourth-order valence-corrected chi connectivity index (χ4v) is 1.42. The van der Waals surface area contributed by atoms with Crippen LogP contribution in [0.15, 0.2) is 0 Å². The molecule has 1 heterocycles. The number of hydrogen-bond donors (Lipinski definition) is 1. The molecule has 1 aliphatic heterocycles. The summed E-state index contributed by atoms with van der Waals surface area (Å²) in [6.45, 7) is 0. The van der Waals surface area contributed by atoms with Crippen molar-refractivity contribution in [2.24, 2.45) is 0 Å². The minimum atomic E-state index is -3.59. The molecule has 6 heteroatoms. The molecule has 0 aromatic heterocycles. The Morgan fingerprint density at radius 2 is 2.00 bits per heavy atom. The highest BCUT2D eigenvalue weighted by atomic mass is 32.3. The van der Waals surface area contributed by atoms with Gasteiger partial charge in [0.1, 0.15) is 0 Å². The molecule has 1 fully saturated rings. The molecule has 54 valence electrons. The summed E-state index contributed by atoms with van der Waals surface area (Å²) in [5.74, 6) is 0.556. The summed E-state index contributed by atoms with van der Waals surface area (Å²) in [6.07, 6.45) is -0.0880. The lowest BCUT2D eigenvalue weighted by Gasteiger charge is -2.23. The van der Waals surface area contributed by atoms with Crippen LogP contribution in [0.5, 0.6) is 0 Å². The van der Waals surface area contributed by atoms with Gasteiger partial charge in [-0.1, -0.05) is 0 Å². The van der Waals surface area contributed by atoms with Gasteiger partial charge in [0.2, 0.25) is 0 Å². The molecule has 9 heavy (non-hydrogen) atoms. The summed E-state index contributed by atoms with van der Waals surface area (Å²) < 4.78 is 28.7. The van der Waals surface area contributed by atoms with Crippen molar-refractivity contribution in [2.75, 3.05) is 5.75 Å². The standard InChI is InChI=1S/C3H6O4S2/c4-9(5)6-3(7-9)1-2-8/h3,8H,1-2H2. The highest BCUT2D eigenvalue weighted by Gasteiger charge is 2.34. The van der Waals surface area contributed by atoms with E-state index in [1.54, 1.807) is 0 Å². The van der Waals surface area contributed by atoms with Crippen LogP contribution in [0.25, 0.3) is 0 Å². The third kappa shape index (κ3) is 1.82. The van der Waals surface area contributed by atoms with Gasteiger partial charge in [-0.3, -0.25) is 0 Å². The second kappa shape index (κ2) is 2.45. The Labute approximate surface area is 58.9 Å². The van der Waals surface area contributed by atoms with Crippen LogP contribution in [0.4, 0.5) is 0 Å². The van der Waals surface area contributed by atoms with Crippen molar-refractivity contribution in [1.82, 2.24) is 0 Å². The Hall–Kier alpha value is 0.220. The zero-order valence-corrected chi connectivity index (χ0v) is 6.19. The third-order valence-electron chi connectivity index (χ3n) is 0.815. The lowest BCUT2D eigenvalue weighted by Crippen LogP contribution is -2.36. The fourth-order valence-electron chi connectivity index (χ4n) is 0.472. The first kappa shape index (κ1) is 7.33. The molecule has 0 unspecified atom stereocenters. The van der Waals surface area contributed by atoms with Gasteiger partial charge < -0.3 is 0 Å². The molecular formula is C3H6O4S2. The second-order valence-corrected chi connectivity index (χ2v) is 3.19.